The number of likely N-dealkylation sites (tertiary alicyclic amines) is 1. The summed E-state index contributed by atoms with van der Waals surface area (Å²) in [4.78, 5) is 47.9. The topological polar surface area (TPSA) is 81.2 Å². The quantitative estimate of drug-likeness (QED) is 0.166. The van der Waals surface area contributed by atoms with Crippen LogP contribution in [0.4, 0.5) is 0 Å². The summed E-state index contributed by atoms with van der Waals surface area (Å²) in [7, 11) is 0. The summed E-state index contributed by atoms with van der Waals surface area (Å²) in [6.07, 6.45) is 9.05. The predicted molar refractivity (Wildman–Crippen MR) is 154 cm³/mol. The fraction of sp³-hybridized carbons (Fsp3) is 0.750. The van der Waals surface area contributed by atoms with Crippen LogP contribution in [0, 0.1) is 11.8 Å². The van der Waals surface area contributed by atoms with E-state index in [1.165, 1.54) is 0 Å². The number of aliphatic hydroxyl groups excluding tert-OH is 1. The highest BCUT2D eigenvalue weighted by molar-refractivity contribution is 9.09. The van der Waals surface area contributed by atoms with Crippen molar-refractivity contribution >= 4 is 45.4 Å². The Hall–Kier alpha value is -1.32. The van der Waals surface area contributed by atoms with Crippen molar-refractivity contribution in [3.63, 3.8) is 0 Å². The zero-order valence-electron chi connectivity index (χ0n) is 22.4. The van der Waals surface area contributed by atoms with Crippen LogP contribution in [-0.4, -0.2) is 97.7 Å². The van der Waals surface area contributed by atoms with Gasteiger partial charge in [0.1, 0.15) is 6.04 Å². The van der Waals surface area contributed by atoms with Crippen molar-refractivity contribution < 1.29 is 19.5 Å². The second-order valence-electron chi connectivity index (χ2n) is 10.5. The number of amides is 3. The number of hydrogen-bond acceptors (Lipinski definition) is 5. The van der Waals surface area contributed by atoms with Gasteiger partial charge in [-0.1, -0.05) is 48.4 Å². The second-order valence-corrected chi connectivity index (χ2v) is 13.2. The van der Waals surface area contributed by atoms with E-state index in [2.05, 4.69) is 36.0 Å². The fourth-order valence-electron chi connectivity index (χ4n) is 6.40. The molecule has 3 aliphatic heterocycles. The maximum atomic E-state index is 14.2. The van der Waals surface area contributed by atoms with E-state index in [0.717, 1.165) is 32.1 Å². The molecule has 37 heavy (non-hydrogen) atoms. The molecule has 3 fully saturated rings. The molecule has 1 N–H and O–H groups in total. The second kappa shape index (κ2) is 13.7. The number of nitrogens with zero attached hydrogens (tertiary/aromatic N) is 3. The minimum Gasteiger partial charge on any atom is -0.396 e. The van der Waals surface area contributed by atoms with Crippen LogP contribution in [0.5, 0.6) is 0 Å². The molecule has 7 nitrogen and oxygen atoms in total. The first-order valence-corrected chi connectivity index (χ1v) is 15.6. The summed E-state index contributed by atoms with van der Waals surface area (Å²) >= 11 is 5.55. The highest BCUT2D eigenvalue weighted by atomic mass is 79.9. The van der Waals surface area contributed by atoms with E-state index in [4.69, 9.17) is 0 Å². The fourth-order valence-corrected chi connectivity index (χ4v) is 10.00. The highest BCUT2D eigenvalue weighted by Crippen LogP contribution is 2.68. The summed E-state index contributed by atoms with van der Waals surface area (Å²) in [5, 5.41) is 9.20. The van der Waals surface area contributed by atoms with Gasteiger partial charge in [-0.05, 0) is 38.5 Å². The SMILES string of the molecule is C=CCN(CCCC)C(=O)C1N(CCCCCO)C(=O)[C@@H]2[C@@H](C(=O)N(CC=C)CCC)[C@@H]3SC12CC3Br. The number of alkyl halides is 1. The first kappa shape index (κ1) is 30.2. The van der Waals surface area contributed by atoms with Crippen molar-refractivity contribution in [2.75, 3.05) is 39.3 Å². The molecule has 0 saturated carbocycles. The largest absolute Gasteiger partial charge is 0.396 e. The average molecular weight is 599 g/mol. The minimum absolute atomic E-state index is 0.00545. The maximum absolute atomic E-state index is 14.2. The average Bonchev–Trinajstić information content (AvgIpc) is 3.47. The Balaban J connectivity index is 2.01. The van der Waals surface area contributed by atoms with E-state index in [1.807, 2.05) is 16.7 Å². The summed E-state index contributed by atoms with van der Waals surface area (Å²) < 4.78 is -0.623. The Morgan fingerprint density at radius 3 is 2.35 bits per heavy atom. The lowest BCUT2D eigenvalue weighted by molar-refractivity contribution is -0.144. The lowest BCUT2D eigenvalue weighted by Crippen LogP contribution is -2.56. The third-order valence-corrected chi connectivity index (χ3v) is 11.2. The molecule has 3 saturated heterocycles. The van der Waals surface area contributed by atoms with E-state index in [1.54, 1.807) is 28.8 Å². The van der Waals surface area contributed by atoms with Gasteiger partial charge in [0.05, 0.1) is 16.6 Å². The minimum atomic E-state index is -0.623. The molecule has 0 aliphatic carbocycles. The van der Waals surface area contributed by atoms with Crippen molar-refractivity contribution in [2.45, 2.75) is 79.7 Å². The lowest BCUT2D eigenvalue weighted by atomic mass is 9.70. The van der Waals surface area contributed by atoms with Gasteiger partial charge in [-0.25, -0.2) is 0 Å². The zero-order chi connectivity index (χ0) is 27.2. The van der Waals surface area contributed by atoms with Gasteiger partial charge in [-0.2, -0.15) is 0 Å². The molecule has 3 aliphatic rings. The molecule has 2 bridgehead atoms. The molecule has 0 aromatic rings. The van der Waals surface area contributed by atoms with Gasteiger partial charge in [0, 0.05) is 49.4 Å². The van der Waals surface area contributed by atoms with Crippen LogP contribution in [0.1, 0.15) is 58.8 Å². The van der Waals surface area contributed by atoms with Crippen molar-refractivity contribution in [3.8, 4) is 0 Å². The van der Waals surface area contributed by atoms with Crippen LogP contribution in [0.15, 0.2) is 25.3 Å². The van der Waals surface area contributed by atoms with Crippen LogP contribution < -0.4 is 0 Å². The number of carbonyl (C=O) groups excluding carboxylic acids is 3. The van der Waals surface area contributed by atoms with E-state index in [0.29, 0.717) is 45.6 Å². The zero-order valence-corrected chi connectivity index (χ0v) is 24.9. The van der Waals surface area contributed by atoms with Crippen molar-refractivity contribution in [3.05, 3.63) is 25.3 Å². The molecular weight excluding hydrogens is 554 g/mol. The van der Waals surface area contributed by atoms with Gasteiger partial charge in [-0.15, -0.1) is 24.9 Å². The Morgan fingerprint density at radius 2 is 1.76 bits per heavy atom. The van der Waals surface area contributed by atoms with Crippen LogP contribution >= 0.6 is 27.7 Å². The summed E-state index contributed by atoms with van der Waals surface area (Å²) in [5.74, 6) is -1.03. The normalized spacial score (nSPS) is 29.9. The lowest BCUT2D eigenvalue weighted by Gasteiger charge is -2.38. The molecule has 0 aromatic heterocycles. The first-order valence-electron chi connectivity index (χ1n) is 13.8. The van der Waals surface area contributed by atoms with E-state index < -0.39 is 22.6 Å². The molecule has 3 heterocycles. The third-order valence-electron chi connectivity index (χ3n) is 7.96. The Labute approximate surface area is 235 Å². The van der Waals surface area contributed by atoms with Gasteiger partial charge < -0.3 is 19.8 Å². The molecule has 6 atom stereocenters. The number of hydrogen-bond donors (Lipinski definition) is 1. The predicted octanol–water partition coefficient (Wildman–Crippen LogP) is 3.85. The number of fused-ring (bicyclic) bond motifs is 1. The smallest absolute Gasteiger partial charge is 0.247 e. The monoisotopic (exact) mass is 597 g/mol. The van der Waals surface area contributed by atoms with Crippen LogP contribution in [0.25, 0.3) is 0 Å². The number of halogens is 1. The number of aliphatic hydroxyl groups is 1. The standard InChI is InChI=1S/C28H44BrN3O4S/c1-5-9-16-31(15-8-4)27(36)24-28-19-20(29)23(37-28)21(25(34)30(13-6-2)14-7-3)22(28)26(35)32(24)17-11-10-12-18-33/h6,8,20-24,33H,2,4-5,7,9-19H2,1,3H3/t20?,21-,22+,23-,24?,28?/m1/s1. The molecular formula is C28H44BrN3O4S. The van der Waals surface area contributed by atoms with Crippen LogP contribution in [-0.2, 0) is 14.4 Å². The maximum Gasteiger partial charge on any atom is 0.247 e. The third kappa shape index (κ3) is 5.83. The number of rotatable bonds is 16. The molecule has 3 amide bonds. The van der Waals surface area contributed by atoms with Gasteiger partial charge in [0.25, 0.3) is 0 Å². The Kier molecular flexibility index (Phi) is 11.2. The van der Waals surface area contributed by atoms with Gasteiger partial charge in [-0.3, -0.25) is 14.4 Å². The van der Waals surface area contributed by atoms with Crippen LogP contribution in [0.3, 0.4) is 0 Å². The van der Waals surface area contributed by atoms with Crippen molar-refractivity contribution in [1.82, 2.24) is 14.7 Å². The molecule has 1 spiro atoms. The van der Waals surface area contributed by atoms with Crippen molar-refractivity contribution in [1.29, 1.82) is 0 Å². The summed E-state index contributed by atoms with van der Waals surface area (Å²) in [6, 6.07) is -0.595. The summed E-state index contributed by atoms with van der Waals surface area (Å²) in [5.41, 5.74) is 0. The molecule has 208 valence electrons. The van der Waals surface area contributed by atoms with E-state index >= 15 is 0 Å². The molecule has 0 aromatic carbocycles. The first-order chi connectivity index (χ1) is 17.8. The van der Waals surface area contributed by atoms with Gasteiger partial charge >= 0.3 is 0 Å². The Morgan fingerprint density at radius 1 is 1.08 bits per heavy atom. The van der Waals surface area contributed by atoms with Gasteiger partial charge in [0.15, 0.2) is 0 Å². The van der Waals surface area contributed by atoms with Gasteiger partial charge in [0.2, 0.25) is 17.7 Å². The summed E-state index contributed by atoms with van der Waals surface area (Å²) in [6.45, 7) is 14.6. The number of carbonyl (C=O) groups is 3. The van der Waals surface area contributed by atoms with Crippen molar-refractivity contribution in [2.24, 2.45) is 11.8 Å². The molecule has 0 radical (unpaired) electrons. The number of thioether (sulfide) groups is 1. The molecule has 3 unspecified atom stereocenters. The number of unbranched alkanes of at least 4 members (excludes halogenated alkanes) is 3. The molecule has 9 heteroatoms. The van der Waals surface area contributed by atoms with E-state index in [9.17, 15) is 19.5 Å². The molecule has 3 rings (SSSR count). The highest BCUT2D eigenvalue weighted by Gasteiger charge is 2.75. The van der Waals surface area contributed by atoms with E-state index in [-0.39, 0.29) is 34.4 Å². The Bertz CT molecular complexity index is 857. The van der Waals surface area contributed by atoms with Crippen LogP contribution in [0.2, 0.25) is 0 Å².